The van der Waals surface area contributed by atoms with Gasteiger partial charge in [0.15, 0.2) is 0 Å². The van der Waals surface area contributed by atoms with Crippen LogP contribution >= 0.6 is 0 Å². The van der Waals surface area contributed by atoms with Crippen LogP contribution in [-0.4, -0.2) is 43.3 Å². The van der Waals surface area contributed by atoms with Crippen molar-refractivity contribution >= 4 is 12.2 Å². The number of rotatable bonds is 3. The van der Waals surface area contributed by atoms with Crippen molar-refractivity contribution in [1.29, 1.82) is 0 Å². The van der Waals surface area contributed by atoms with Gasteiger partial charge in [0, 0.05) is 20.2 Å². The average Bonchev–Trinajstić information content (AvgIpc) is 2.25. The van der Waals surface area contributed by atoms with Crippen molar-refractivity contribution in [3.8, 4) is 5.88 Å². The second-order valence-corrected chi connectivity index (χ2v) is 3.50. The third-order valence-electron chi connectivity index (χ3n) is 1.91. The van der Waals surface area contributed by atoms with E-state index in [9.17, 15) is 4.79 Å². The minimum absolute atomic E-state index is 0.304. The van der Waals surface area contributed by atoms with Crippen molar-refractivity contribution < 1.29 is 9.53 Å². The molecule has 1 heterocycles. The van der Waals surface area contributed by atoms with E-state index in [1.54, 1.807) is 38.1 Å². The Bertz CT molecular complexity index is 414. The first-order valence-electron chi connectivity index (χ1n) is 4.81. The molecule has 0 saturated carbocycles. The summed E-state index contributed by atoms with van der Waals surface area (Å²) in [4.78, 5) is 21.3. The lowest BCUT2D eigenvalue weighted by molar-refractivity contribution is 0.100. The van der Waals surface area contributed by atoms with Crippen LogP contribution in [-0.2, 0) is 0 Å². The third-order valence-corrected chi connectivity index (χ3v) is 1.91. The zero-order valence-electron chi connectivity index (χ0n) is 9.89. The van der Waals surface area contributed by atoms with Crippen molar-refractivity contribution in [3.05, 3.63) is 23.4 Å². The standard InChI is InChI=1S/C11H15N3O2/c1-8-9(5-6-10(13-8)16-4)11(15)12-7-14(2)3/h5-7H,1-4H3/b12-7+. The molecule has 0 atom stereocenters. The summed E-state index contributed by atoms with van der Waals surface area (Å²) in [6.07, 6.45) is 1.46. The van der Waals surface area contributed by atoms with Gasteiger partial charge < -0.3 is 9.64 Å². The number of aromatic nitrogens is 1. The molecule has 0 aliphatic heterocycles. The molecular weight excluding hydrogens is 206 g/mol. The van der Waals surface area contributed by atoms with E-state index in [1.807, 2.05) is 0 Å². The van der Waals surface area contributed by atoms with Crippen molar-refractivity contribution in [3.63, 3.8) is 0 Å². The van der Waals surface area contributed by atoms with Crippen molar-refractivity contribution in [2.45, 2.75) is 6.92 Å². The van der Waals surface area contributed by atoms with Crippen LogP contribution in [0.15, 0.2) is 17.1 Å². The quantitative estimate of drug-likeness (QED) is 0.567. The second kappa shape index (κ2) is 5.25. The van der Waals surface area contributed by atoms with Crippen LogP contribution < -0.4 is 4.74 Å². The fraction of sp³-hybridized carbons (Fsp3) is 0.364. The Balaban J connectivity index is 2.92. The number of aliphatic imine (C=N–C) groups is 1. The Morgan fingerprint density at radius 1 is 1.50 bits per heavy atom. The van der Waals surface area contributed by atoms with Crippen molar-refractivity contribution in [2.75, 3.05) is 21.2 Å². The minimum atomic E-state index is -0.304. The molecule has 16 heavy (non-hydrogen) atoms. The molecule has 1 rings (SSSR count). The highest BCUT2D eigenvalue weighted by atomic mass is 16.5. The molecule has 0 spiro atoms. The van der Waals surface area contributed by atoms with Crippen LogP contribution in [0.1, 0.15) is 16.1 Å². The van der Waals surface area contributed by atoms with E-state index in [2.05, 4.69) is 9.98 Å². The van der Waals surface area contributed by atoms with Crippen molar-refractivity contribution in [1.82, 2.24) is 9.88 Å². The molecule has 86 valence electrons. The fourth-order valence-electron chi connectivity index (χ4n) is 1.12. The van der Waals surface area contributed by atoms with Gasteiger partial charge in [-0.2, -0.15) is 4.99 Å². The molecule has 1 aromatic rings. The zero-order valence-corrected chi connectivity index (χ0v) is 9.89. The topological polar surface area (TPSA) is 54.8 Å². The molecule has 0 aliphatic carbocycles. The number of amides is 1. The number of hydrogen-bond acceptors (Lipinski definition) is 3. The Labute approximate surface area is 94.8 Å². The highest BCUT2D eigenvalue weighted by Crippen LogP contribution is 2.12. The van der Waals surface area contributed by atoms with Crippen LogP contribution in [0.4, 0.5) is 0 Å². The van der Waals surface area contributed by atoms with Gasteiger partial charge in [0.1, 0.15) is 0 Å². The number of pyridine rings is 1. The summed E-state index contributed by atoms with van der Waals surface area (Å²) in [5.74, 6) is 0.187. The van der Waals surface area contributed by atoms with Gasteiger partial charge in [-0.25, -0.2) is 4.98 Å². The Kier molecular flexibility index (Phi) is 3.99. The van der Waals surface area contributed by atoms with E-state index in [-0.39, 0.29) is 5.91 Å². The summed E-state index contributed by atoms with van der Waals surface area (Å²) in [5, 5.41) is 0. The Morgan fingerprint density at radius 3 is 2.69 bits per heavy atom. The SMILES string of the molecule is COc1ccc(C(=O)/N=C/N(C)C)c(C)n1. The van der Waals surface area contributed by atoms with Gasteiger partial charge in [0.25, 0.3) is 5.91 Å². The zero-order chi connectivity index (χ0) is 12.1. The first-order valence-corrected chi connectivity index (χ1v) is 4.81. The normalized spacial score (nSPS) is 10.5. The molecule has 0 fully saturated rings. The molecule has 0 bridgehead atoms. The summed E-state index contributed by atoms with van der Waals surface area (Å²) in [6, 6.07) is 3.31. The summed E-state index contributed by atoms with van der Waals surface area (Å²) in [5.41, 5.74) is 1.10. The molecule has 0 saturated heterocycles. The summed E-state index contributed by atoms with van der Waals surface area (Å²) >= 11 is 0. The summed E-state index contributed by atoms with van der Waals surface area (Å²) < 4.78 is 4.96. The first kappa shape index (κ1) is 12.2. The molecule has 0 aromatic carbocycles. The van der Waals surface area contributed by atoms with E-state index in [0.717, 1.165) is 0 Å². The molecular formula is C11H15N3O2. The maximum atomic E-state index is 11.7. The van der Waals surface area contributed by atoms with Crippen LogP contribution in [0, 0.1) is 6.92 Å². The molecule has 0 radical (unpaired) electrons. The Hall–Kier alpha value is -1.91. The van der Waals surface area contributed by atoms with Crippen LogP contribution in [0.3, 0.4) is 0 Å². The van der Waals surface area contributed by atoms with E-state index >= 15 is 0 Å². The van der Waals surface area contributed by atoms with Gasteiger partial charge in [-0.05, 0) is 13.0 Å². The Morgan fingerprint density at radius 2 is 2.19 bits per heavy atom. The number of hydrogen-bond donors (Lipinski definition) is 0. The lowest BCUT2D eigenvalue weighted by atomic mass is 10.2. The lowest BCUT2D eigenvalue weighted by Crippen LogP contribution is -2.10. The van der Waals surface area contributed by atoms with E-state index < -0.39 is 0 Å². The number of carbonyl (C=O) groups excluding carboxylic acids is 1. The molecule has 0 aliphatic rings. The maximum absolute atomic E-state index is 11.7. The predicted octanol–water partition coefficient (Wildman–Crippen LogP) is 1.13. The van der Waals surface area contributed by atoms with Gasteiger partial charge in [-0.15, -0.1) is 0 Å². The lowest BCUT2D eigenvalue weighted by Gasteiger charge is -2.05. The molecule has 5 nitrogen and oxygen atoms in total. The van der Waals surface area contributed by atoms with Gasteiger partial charge in [0.2, 0.25) is 5.88 Å². The van der Waals surface area contributed by atoms with Gasteiger partial charge >= 0.3 is 0 Å². The first-order chi connectivity index (χ1) is 7.54. The van der Waals surface area contributed by atoms with Crippen LogP contribution in [0.5, 0.6) is 5.88 Å². The molecule has 5 heteroatoms. The van der Waals surface area contributed by atoms with E-state index in [1.165, 1.54) is 13.4 Å². The number of nitrogens with zero attached hydrogens (tertiary/aromatic N) is 3. The average molecular weight is 221 g/mol. The van der Waals surface area contributed by atoms with Crippen LogP contribution in [0.2, 0.25) is 0 Å². The van der Waals surface area contributed by atoms with E-state index in [4.69, 9.17) is 4.74 Å². The number of carbonyl (C=O) groups is 1. The maximum Gasteiger partial charge on any atom is 0.280 e. The fourth-order valence-corrected chi connectivity index (χ4v) is 1.12. The monoisotopic (exact) mass is 221 g/mol. The van der Waals surface area contributed by atoms with Crippen LogP contribution in [0.25, 0.3) is 0 Å². The van der Waals surface area contributed by atoms with Gasteiger partial charge in [-0.1, -0.05) is 0 Å². The molecule has 1 aromatic heterocycles. The second-order valence-electron chi connectivity index (χ2n) is 3.50. The number of methoxy groups -OCH3 is 1. The van der Waals surface area contributed by atoms with Gasteiger partial charge in [0.05, 0.1) is 24.7 Å². The largest absolute Gasteiger partial charge is 0.481 e. The van der Waals surface area contributed by atoms with E-state index in [0.29, 0.717) is 17.1 Å². The minimum Gasteiger partial charge on any atom is -0.481 e. The van der Waals surface area contributed by atoms with Gasteiger partial charge in [-0.3, -0.25) is 4.79 Å². The third kappa shape index (κ3) is 3.05. The molecule has 0 unspecified atom stereocenters. The summed E-state index contributed by atoms with van der Waals surface area (Å²) in [6.45, 7) is 1.75. The highest BCUT2D eigenvalue weighted by Gasteiger charge is 2.09. The molecule has 1 amide bonds. The van der Waals surface area contributed by atoms with Crippen molar-refractivity contribution in [2.24, 2.45) is 4.99 Å². The number of aryl methyl sites for hydroxylation is 1. The highest BCUT2D eigenvalue weighted by molar-refractivity contribution is 5.99. The molecule has 0 N–H and O–H groups in total. The smallest absolute Gasteiger partial charge is 0.280 e. The number of ether oxygens (including phenoxy) is 1. The predicted molar refractivity (Wildman–Crippen MR) is 62.0 cm³/mol. The summed E-state index contributed by atoms with van der Waals surface area (Å²) in [7, 11) is 5.14.